The van der Waals surface area contributed by atoms with Gasteiger partial charge in [0.25, 0.3) is 0 Å². The van der Waals surface area contributed by atoms with Crippen LogP contribution in [0, 0.1) is 10.1 Å². The van der Waals surface area contributed by atoms with Crippen LogP contribution in [0.25, 0.3) is 11.0 Å². The quantitative estimate of drug-likeness (QED) is 0.621. The molecule has 1 atom stereocenters. The van der Waals surface area contributed by atoms with Gasteiger partial charge in [-0.05, 0) is 19.1 Å². The maximum absolute atomic E-state index is 10.9. The molecule has 1 aromatic carbocycles. The van der Waals surface area contributed by atoms with E-state index in [1.807, 2.05) is 0 Å². The molecule has 6 nitrogen and oxygen atoms in total. The molecule has 0 aliphatic rings. The lowest BCUT2D eigenvalue weighted by atomic mass is 10.3. The molecule has 2 aromatic rings. The molecule has 84 valence electrons. The minimum Gasteiger partial charge on any atom is -0.340 e. The molecular weight excluding hydrogens is 232 g/mol. The van der Waals surface area contributed by atoms with Crippen molar-refractivity contribution < 1.29 is 4.92 Å². The van der Waals surface area contributed by atoms with Crippen molar-refractivity contribution in [3.05, 3.63) is 33.1 Å². The minimum atomic E-state index is -0.545. The Kier molecular flexibility index (Phi) is 2.53. The van der Waals surface area contributed by atoms with Crippen LogP contribution in [0.4, 0.5) is 5.69 Å². The van der Waals surface area contributed by atoms with Crippen molar-refractivity contribution in [3.63, 3.8) is 0 Å². The fourth-order valence-corrected chi connectivity index (χ4v) is 1.67. The molecule has 0 aliphatic carbocycles. The topological polar surface area (TPSA) is 97.8 Å². The summed E-state index contributed by atoms with van der Waals surface area (Å²) in [5.41, 5.74) is 6.25. The fourth-order valence-electron chi connectivity index (χ4n) is 1.44. The molecule has 0 amide bonds. The summed E-state index contributed by atoms with van der Waals surface area (Å²) < 4.78 is 0. The van der Waals surface area contributed by atoms with E-state index in [1.54, 1.807) is 13.0 Å². The Morgan fingerprint density at radius 2 is 2.31 bits per heavy atom. The molecule has 0 spiro atoms. The number of hydrogen-bond acceptors (Lipinski definition) is 4. The number of nitrogens with one attached hydrogen (secondary N) is 1. The van der Waals surface area contributed by atoms with E-state index in [9.17, 15) is 10.1 Å². The Bertz CT molecular complexity index is 564. The molecule has 1 heterocycles. The van der Waals surface area contributed by atoms with Gasteiger partial charge in [-0.25, -0.2) is 4.98 Å². The smallest absolute Gasteiger partial charge is 0.315 e. The lowest BCUT2D eigenvalue weighted by Gasteiger charge is -1.96. The van der Waals surface area contributed by atoms with Gasteiger partial charge in [0.05, 0.1) is 16.5 Å². The van der Waals surface area contributed by atoms with Crippen LogP contribution in [0.3, 0.4) is 0 Å². The summed E-state index contributed by atoms with van der Waals surface area (Å²) in [6.45, 7) is 1.74. The van der Waals surface area contributed by atoms with Crippen molar-refractivity contribution in [3.8, 4) is 0 Å². The molecule has 0 saturated heterocycles. The third-order valence-corrected chi connectivity index (χ3v) is 2.52. The van der Waals surface area contributed by atoms with Crippen LogP contribution in [0.5, 0.6) is 0 Å². The number of nitro benzene ring substituents is 1. The second-order valence-corrected chi connectivity index (χ2v) is 3.87. The van der Waals surface area contributed by atoms with Gasteiger partial charge in [-0.1, -0.05) is 11.6 Å². The van der Waals surface area contributed by atoms with Crippen molar-refractivity contribution >= 4 is 28.3 Å². The van der Waals surface area contributed by atoms with Crippen molar-refractivity contribution in [2.75, 3.05) is 0 Å². The minimum absolute atomic E-state index is 0.0697. The van der Waals surface area contributed by atoms with E-state index in [1.165, 1.54) is 6.07 Å². The van der Waals surface area contributed by atoms with E-state index in [2.05, 4.69) is 9.97 Å². The lowest BCUT2D eigenvalue weighted by molar-refractivity contribution is -0.383. The molecule has 0 saturated carbocycles. The van der Waals surface area contributed by atoms with Gasteiger partial charge in [-0.15, -0.1) is 0 Å². The van der Waals surface area contributed by atoms with Gasteiger partial charge in [0, 0.05) is 0 Å². The van der Waals surface area contributed by atoms with Crippen LogP contribution >= 0.6 is 11.6 Å². The van der Waals surface area contributed by atoms with Crippen molar-refractivity contribution in [1.29, 1.82) is 0 Å². The van der Waals surface area contributed by atoms with Gasteiger partial charge in [-0.3, -0.25) is 10.1 Å². The number of imidazole rings is 1. The normalized spacial score (nSPS) is 12.9. The largest absolute Gasteiger partial charge is 0.340 e. The van der Waals surface area contributed by atoms with Crippen LogP contribution in [0.2, 0.25) is 5.02 Å². The van der Waals surface area contributed by atoms with Gasteiger partial charge >= 0.3 is 5.69 Å². The maximum atomic E-state index is 10.9. The Hall–Kier alpha value is -1.66. The standard InChI is InChI=1S/C9H9ClN4O2/c1-4(11)9-12-6-3-2-5(10)8(14(15)16)7(6)13-9/h2-4H,11H2,1H3,(H,12,13). The Morgan fingerprint density at radius 1 is 1.62 bits per heavy atom. The van der Waals surface area contributed by atoms with Crippen LogP contribution < -0.4 is 5.73 Å². The molecule has 3 N–H and O–H groups in total. The first-order valence-electron chi connectivity index (χ1n) is 4.58. The van der Waals surface area contributed by atoms with Gasteiger partial charge in [-0.2, -0.15) is 0 Å². The van der Waals surface area contributed by atoms with Gasteiger partial charge in [0.15, 0.2) is 5.52 Å². The van der Waals surface area contributed by atoms with Crippen LogP contribution in [0.15, 0.2) is 12.1 Å². The summed E-state index contributed by atoms with van der Waals surface area (Å²) in [6.07, 6.45) is 0. The average Bonchev–Trinajstić information content (AvgIpc) is 2.60. The number of H-pyrrole nitrogens is 1. The number of benzene rings is 1. The summed E-state index contributed by atoms with van der Waals surface area (Å²) >= 11 is 5.76. The fraction of sp³-hybridized carbons (Fsp3) is 0.222. The summed E-state index contributed by atoms with van der Waals surface area (Å²) in [5, 5.41) is 10.9. The first kappa shape index (κ1) is 10.8. The lowest BCUT2D eigenvalue weighted by Crippen LogP contribution is -2.06. The highest BCUT2D eigenvalue weighted by atomic mass is 35.5. The highest BCUT2D eigenvalue weighted by Crippen LogP contribution is 2.32. The third-order valence-electron chi connectivity index (χ3n) is 2.21. The van der Waals surface area contributed by atoms with E-state index < -0.39 is 4.92 Å². The molecule has 0 radical (unpaired) electrons. The number of fused-ring (bicyclic) bond motifs is 1. The summed E-state index contributed by atoms with van der Waals surface area (Å²) in [4.78, 5) is 17.3. The van der Waals surface area contributed by atoms with Crippen molar-refractivity contribution in [2.45, 2.75) is 13.0 Å². The zero-order valence-corrected chi connectivity index (χ0v) is 9.15. The van der Waals surface area contributed by atoms with E-state index in [0.717, 1.165) is 0 Å². The second kappa shape index (κ2) is 3.73. The molecule has 1 unspecified atom stereocenters. The van der Waals surface area contributed by atoms with E-state index in [-0.39, 0.29) is 22.3 Å². The molecule has 0 bridgehead atoms. The zero-order valence-electron chi connectivity index (χ0n) is 8.40. The van der Waals surface area contributed by atoms with Gasteiger partial charge in [0.2, 0.25) is 0 Å². The molecule has 2 rings (SSSR count). The third kappa shape index (κ3) is 1.62. The molecule has 0 fully saturated rings. The predicted octanol–water partition coefficient (Wildman–Crippen LogP) is 2.14. The SMILES string of the molecule is CC(N)c1nc2c([N+](=O)[O-])c(Cl)ccc2[nH]1. The number of rotatable bonds is 2. The number of nitrogens with zero attached hydrogens (tertiary/aromatic N) is 2. The number of hydrogen-bond donors (Lipinski definition) is 2. The van der Waals surface area contributed by atoms with E-state index >= 15 is 0 Å². The number of aromatic nitrogens is 2. The van der Waals surface area contributed by atoms with Gasteiger partial charge < -0.3 is 10.7 Å². The average molecular weight is 241 g/mol. The molecule has 7 heteroatoms. The van der Waals surface area contributed by atoms with E-state index in [4.69, 9.17) is 17.3 Å². The maximum Gasteiger partial charge on any atom is 0.315 e. The first-order chi connectivity index (χ1) is 7.50. The number of aromatic amines is 1. The van der Waals surface area contributed by atoms with Crippen molar-refractivity contribution in [1.82, 2.24) is 9.97 Å². The first-order valence-corrected chi connectivity index (χ1v) is 4.96. The second-order valence-electron chi connectivity index (χ2n) is 3.46. The number of nitro groups is 1. The molecule has 0 aliphatic heterocycles. The Balaban J connectivity index is 2.77. The van der Waals surface area contributed by atoms with Crippen molar-refractivity contribution in [2.24, 2.45) is 5.73 Å². The zero-order chi connectivity index (χ0) is 11.9. The van der Waals surface area contributed by atoms with E-state index in [0.29, 0.717) is 11.3 Å². The summed E-state index contributed by atoms with van der Waals surface area (Å²) in [5.74, 6) is 0.500. The molecule has 16 heavy (non-hydrogen) atoms. The highest BCUT2D eigenvalue weighted by molar-refractivity contribution is 6.33. The summed E-state index contributed by atoms with van der Waals surface area (Å²) in [7, 11) is 0. The Morgan fingerprint density at radius 3 is 2.88 bits per heavy atom. The highest BCUT2D eigenvalue weighted by Gasteiger charge is 2.21. The Labute approximate surface area is 95.6 Å². The van der Waals surface area contributed by atoms with Crippen LogP contribution in [-0.2, 0) is 0 Å². The molecule has 1 aromatic heterocycles. The monoisotopic (exact) mass is 240 g/mol. The predicted molar refractivity (Wildman–Crippen MR) is 60.4 cm³/mol. The van der Waals surface area contributed by atoms with Crippen LogP contribution in [0.1, 0.15) is 18.8 Å². The van der Waals surface area contributed by atoms with Gasteiger partial charge in [0.1, 0.15) is 10.8 Å². The van der Waals surface area contributed by atoms with Crippen LogP contribution in [-0.4, -0.2) is 14.9 Å². The summed E-state index contributed by atoms with van der Waals surface area (Å²) in [6, 6.07) is 2.79. The number of nitrogens with two attached hydrogens (primary N) is 1. The molecular formula is C9H9ClN4O2. The number of halogens is 1.